The van der Waals surface area contributed by atoms with Gasteiger partial charge in [-0.05, 0) is 5.56 Å². The summed E-state index contributed by atoms with van der Waals surface area (Å²) in [4.78, 5) is 35.9. The fraction of sp³-hybridized carbons (Fsp3) is 0.357. The molecule has 2 N–H and O–H groups in total. The highest BCUT2D eigenvalue weighted by Gasteiger charge is 2.19. The van der Waals surface area contributed by atoms with E-state index in [2.05, 4.69) is 0 Å². The third-order valence-corrected chi connectivity index (χ3v) is 2.76. The van der Waals surface area contributed by atoms with Gasteiger partial charge in [0, 0.05) is 13.6 Å². The molecule has 0 aliphatic rings. The van der Waals surface area contributed by atoms with Crippen LogP contribution in [0.1, 0.15) is 5.56 Å². The van der Waals surface area contributed by atoms with E-state index in [1.165, 1.54) is 4.90 Å². The molecule has 0 aromatic heterocycles. The summed E-state index contributed by atoms with van der Waals surface area (Å²) < 4.78 is 0. The van der Waals surface area contributed by atoms with Crippen molar-refractivity contribution in [3.05, 3.63) is 35.9 Å². The van der Waals surface area contributed by atoms with Crippen LogP contribution in [-0.2, 0) is 20.9 Å². The van der Waals surface area contributed by atoms with Crippen molar-refractivity contribution in [2.75, 3.05) is 26.7 Å². The number of amides is 1. The van der Waals surface area contributed by atoms with Gasteiger partial charge in [-0.1, -0.05) is 30.3 Å². The Balaban J connectivity index is 2.59. The van der Waals surface area contributed by atoms with Crippen LogP contribution in [0.15, 0.2) is 30.3 Å². The van der Waals surface area contributed by atoms with E-state index < -0.39 is 25.0 Å². The second-order valence-electron chi connectivity index (χ2n) is 4.67. The molecule has 0 aliphatic carbocycles. The number of hydrogen-bond donors (Lipinski definition) is 2. The van der Waals surface area contributed by atoms with Crippen molar-refractivity contribution in [1.29, 1.82) is 0 Å². The van der Waals surface area contributed by atoms with Crippen molar-refractivity contribution in [1.82, 2.24) is 9.80 Å². The lowest BCUT2D eigenvalue weighted by Crippen LogP contribution is -2.42. The fourth-order valence-electron chi connectivity index (χ4n) is 1.81. The number of carboxylic acids is 2. The number of carbonyl (C=O) groups is 3. The Hall–Kier alpha value is -2.41. The second kappa shape index (κ2) is 8.01. The van der Waals surface area contributed by atoms with Gasteiger partial charge in [0.15, 0.2) is 0 Å². The van der Waals surface area contributed by atoms with Crippen LogP contribution in [0.4, 0.5) is 0 Å². The van der Waals surface area contributed by atoms with E-state index in [9.17, 15) is 14.4 Å². The Kier molecular flexibility index (Phi) is 6.35. The largest absolute Gasteiger partial charge is 0.480 e. The van der Waals surface area contributed by atoms with E-state index in [0.717, 1.165) is 10.5 Å². The molecule has 21 heavy (non-hydrogen) atoms. The van der Waals surface area contributed by atoms with Crippen molar-refractivity contribution < 1.29 is 24.6 Å². The summed E-state index contributed by atoms with van der Waals surface area (Å²) in [6.45, 7) is -0.843. The molecule has 0 saturated carbocycles. The minimum absolute atomic E-state index is 0.248. The van der Waals surface area contributed by atoms with E-state index in [4.69, 9.17) is 10.2 Å². The highest BCUT2D eigenvalue weighted by Crippen LogP contribution is 2.03. The van der Waals surface area contributed by atoms with Gasteiger partial charge in [0.05, 0.1) is 19.6 Å². The normalized spacial score (nSPS) is 10.4. The second-order valence-corrected chi connectivity index (χ2v) is 4.67. The number of nitrogens with zero attached hydrogens (tertiary/aromatic N) is 2. The quantitative estimate of drug-likeness (QED) is 0.706. The zero-order chi connectivity index (χ0) is 15.8. The van der Waals surface area contributed by atoms with Crippen LogP contribution in [0.5, 0.6) is 0 Å². The number of carboxylic acid groups (broad SMARTS) is 2. The molecule has 7 nitrogen and oxygen atoms in total. The first-order chi connectivity index (χ1) is 9.88. The molecular weight excluding hydrogens is 276 g/mol. The molecule has 0 heterocycles. The van der Waals surface area contributed by atoms with E-state index >= 15 is 0 Å². The van der Waals surface area contributed by atoms with Crippen LogP contribution in [-0.4, -0.2) is 64.5 Å². The van der Waals surface area contributed by atoms with Crippen LogP contribution >= 0.6 is 0 Å². The number of aliphatic carboxylic acids is 2. The third-order valence-electron chi connectivity index (χ3n) is 2.76. The molecule has 1 amide bonds. The van der Waals surface area contributed by atoms with Gasteiger partial charge in [-0.3, -0.25) is 19.3 Å². The maximum absolute atomic E-state index is 12.0. The third kappa shape index (κ3) is 6.53. The monoisotopic (exact) mass is 294 g/mol. The van der Waals surface area contributed by atoms with Crippen LogP contribution < -0.4 is 0 Å². The zero-order valence-electron chi connectivity index (χ0n) is 11.7. The minimum Gasteiger partial charge on any atom is -0.480 e. The number of rotatable bonds is 8. The molecule has 7 heteroatoms. The predicted molar refractivity (Wildman–Crippen MR) is 74.6 cm³/mol. The summed E-state index contributed by atoms with van der Waals surface area (Å²) in [5.74, 6) is -2.68. The Morgan fingerprint density at radius 1 is 0.952 bits per heavy atom. The van der Waals surface area contributed by atoms with Crippen molar-refractivity contribution in [3.8, 4) is 0 Å². The lowest BCUT2D eigenvalue weighted by Gasteiger charge is -2.22. The van der Waals surface area contributed by atoms with Crippen LogP contribution in [0, 0.1) is 0 Å². The molecule has 0 unspecified atom stereocenters. The minimum atomic E-state index is -1.17. The molecule has 1 aromatic rings. The van der Waals surface area contributed by atoms with Crippen molar-refractivity contribution in [2.45, 2.75) is 6.54 Å². The molecular formula is C14H18N2O5. The highest BCUT2D eigenvalue weighted by molar-refractivity contribution is 5.80. The van der Waals surface area contributed by atoms with Gasteiger partial charge in [0.2, 0.25) is 5.91 Å². The maximum atomic E-state index is 12.0. The first-order valence-corrected chi connectivity index (χ1v) is 6.32. The van der Waals surface area contributed by atoms with Crippen molar-refractivity contribution >= 4 is 17.8 Å². The molecule has 0 spiro atoms. The van der Waals surface area contributed by atoms with Gasteiger partial charge in [-0.25, -0.2) is 0 Å². The van der Waals surface area contributed by atoms with Gasteiger partial charge in [-0.2, -0.15) is 0 Å². The Bertz CT molecular complexity index is 487. The standard InChI is InChI=1S/C14H18N2O5/c1-15(7-11-5-3-2-4-6-11)12(17)8-16(9-13(18)19)10-14(20)21/h2-6H,7-10H2,1H3,(H,18,19)(H,20,21). The molecule has 1 rings (SSSR count). The van der Waals surface area contributed by atoms with E-state index in [1.54, 1.807) is 7.05 Å². The molecule has 0 fully saturated rings. The van der Waals surface area contributed by atoms with Crippen LogP contribution in [0.2, 0.25) is 0 Å². The average Bonchev–Trinajstić information content (AvgIpc) is 2.38. The molecule has 1 aromatic carbocycles. The smallest absolute Gasteiger partial charge is 0.317 e. The molecule has 114 valence electrons. The Labute approximate surface area is 122 Å². The summed E-state index contributed by atoms with van der Waals surface area (Å²) in [5, 5.41) is 17.4. The lowest BCUT2D eigenvalue weighted by molar-refractivity contribution is -0.143. The van der Waals surface area contributed by atoms with E-state index in [-0.39, 0.29) is 12.5 Å². The summed E-state index contributed by atoms with van der Waals surface area (Å²) in [7, 11) is 1.59. The highest BCUT2D eigenvalue weighted by atomic mass is 16.4. The van der Waals surface area contributed by atoms with Crippen LogP contribution in [0.25, 0.3) is 0 Å². The lowest BCUT2D eigenvalue weighted by atomic mass is 10.2. The zero-order valence-corrected chi connectivity index (χ0v) is 11.7. The SMILES string of the molecule is CN(Cc1ccccc1)C(=O)CN(CC(=O)O)CC(=O)O. The van der Waals surface area contributed by atoms with Gasteiger partial charge in [-0.15, -0.1) is 0 Å². The topological polar surface area (TPSA) is 98.2 Å². The predicted octanol–water partition coefficient (Wildman–Crippen LogP) is 0.116. The van der Waals surface area contributed by atoms with Gasteiger partial charge in [0.1, 0.15) is 0 Å². The number of likely N-dealkylation sites (N-methyl/N-ethyl adjacent to an activating group) is 1. The molecule has 0 saturated heterocycles. The summed E-state index contributed by atoms with van der Waals surface area (Å²) in [6, 6.07) is 9.32. The fourth-order valence-corrected chi connectivity index (χ4v) is 1.81. The van der Waals surface area contributed by atoms with E-state index in [0.29, 0.717) is 6.54 Å². The Morgan fingerprint density at radius 2 is 1.48 bits per heavy atom. The summed E-state index contributed by atoms with van der Waals surface area (Å²) >= 11 is 0. The summed E-state index contributed by atoms with van der Waals surface area (Å²) in [6.07, 6.45) is 0. The first kappa shape index (κ1) is 16.6. The average molecular weight is 294 g/mol. The molecule has 0 atom stereocenters. The van der Waals surface area contributed by atoms with Gasteiger partial charge < -0.3 is 15.1 Å². The molecule has 0 radical (unpaired) electrons. The first-order valence-electron chi connectivity index (χ1n) is 6.32. The number of hydrogen-bond acceptors (Lipinski definition) is 4. The van der Waals surface area contributed by atoms with Crippen molar-refractivity contribution in [3.63, 3.8) is 0 Å². The van der Waals surface area contributed by atoms with E-state index in [1.807, 2.05) is 30.3 Å². The van der Waals surface area contributed by atoms with Gasteiger partial charge in [0.25, 0.3) is 0 Å². The van der Waals surface area contributed by atoms with Crippen molar-refractivity contribution in [2.24, 2.45) is 0 Å². The number of carbonyl (C=O) groups excluding carboxylic acids is 1. The number of benzene rings is 1. The summed E-state index contributed by atoms with van der Waals surface area (Å²) in [5.41, 5.74) is 0.941. The maximum Gasteiger partial charge on any atom is 0.317 e. The molecule has 0 aliphatic heterocycles. The van der Waals surface area contributed by atoms with Crippen LogP contribution in [0.3, 0.4) is 0 Å². The Morgan fingerprint density at radius 3 is 1.95 bits per heavy atom. The van der Waals surface area contributed by atoms with Gasteiger partial charge >= 0.3 is 11.9 Å². The molecule has 0 bridgehead atoms.